The number of carbonyl (C=O) groups is 2. The largest absolute Gasteiger partial charge is 0.461 e. The third-order valence-electron chi connectivity index (χ3n) is 6.49. The van der Waals surface area contributed by atoms with Crippen molar-refractivity contribution in [1.82, 2.24) is 0 Å². The van der Waals surface area contributed by atoms with Gasteiger partial charge in [0.25, 0.3) is 0 Å². The summed E-state index contributed by atoms with van der Waals surface area (Å²) < 4.78 is 67.9. The summed E-state index contributed by atoms with van der Waals surface area (Å²) in [5.41, 5.74) is -0.677. The molecule has 1 atom stereocenters. The Hall–Kier alpha value is -1.38. The number of hydrogen-bond donors (Lipinski definition) is 0. The summed E-state index contributed by atoms with van der Waals surface area (Å²) in [5.74, 6) is -8.77. The van der Waals surface area contributed by atoms with E-state index in [9.17, 15) is 27.2 Å². The lowest BCUT2D eigenvalue weighted by molar-refractivity contribution is -0.228. The molecule has 0 aliphatic heterocycles. The number of halogens is 4. The molecule has 4 aliphatic carbocycles. The molecule has 4 rings (SSSR count). The molecule has 0 heterocycles. The van der Waals surface area contributed by atoms with Gasteiger partial charge in [0.2, 0.25) is 0 Å². The van der Waals surface area contributed by atoms with E-state index in [-0.39, 0.29) is 13.5 Å². The molecule has 1 unspecified atom stereocenters. The summed E-state index contributed by atoms with van der Waals surface area (Å²) in [7, 11) is 0. The second-order valence-corrected chi connectivity index (χ2v) is 8.90. The Morgan fingerprint density at radius 2 is 1.55 bits per heavy atom. The van der Waals surface area contributed by atoms with Gasteiger partial charge in [0.15, 0.2) is 0 Å². The molecule has 9 heteroatoms. The van der Waals surface area contributed by atoms with Crippen molar-refractivity contribution < 1.29 is 41.4 Å². The van der Waals surface area contributed by atoms with E-state index >= 15 is 0 Å². The van der Waals surface area contributed by atoms with Crippen molar-refractivity contribution in [3.05, 3.63) is 0 Å². The molecule has 0 aromatic heterocycles. The molecule has 0 spiro atoms. The summed E-state index contributed by atoms with van der Waals surface area (Å²) in [5, 5.41) is 0. The quantitative estimate of drug-likeness (QED) is 0.313. The van der Waals surface area contributed by atoms with Crippen LogP contribution >= 0.6 is 0 Å². The van der Waals surface area contributed by atoms with Gasteiger partial charge < -0.3 is 14.2 Å². The van der Waals surface area contributed by atoms with Crippen LogP contribution in [0.1, 0.15) is 58.8 Å². The second-order valence-electron chi connectivity index (χ2n) is 8.90. The summed E-state index contributed by atoms with van der Waals surface area (Å²) in [6, 6.07) is 0. The van der Waals surface area contributed by atoms with Crippen molar-refractivity contribution in [2.75, 3.05) is 13.2 Å². The Morgan fingerprint density at radius 3 is 2.00 bits per heavy atom. The topological polar surface area (TPSA) is 61.8 Å². The van der Waals surface area contributed by atoms with Crippen LogP contribution in [-0.4, -0.2) is 43.3 Å². The van der Waals surface area contributed by atoms with Gasteiger partial charge in [-0.25, -0.2) is 13.6 Å². The van der Waals surface area contributed by atoms with Crippen LogP contribution in [0.3, 0.4) is 0 Å². The van der Waals surface area contributed by atoms with Crippen molar-refractivity contribution >= 4 is 11.9 Å². The Bertz CT molecular complexity index is 596. The van der Waals surface area contributed by atoms with E-state index in [4.69, 9.17) is 14.2 Å². The van der Waals surface area contributed by atoms with Crippen molar-refractivity contribution in [2.45, 2.75) is 76.9 Å². The van der Waals surface area contributed by atoms with Crippen LogP contribution in [0, 0.1) is 23.2 Å². The highest BCUT2D eigenvalue weighted by Gasteiger charge is 2.56. The normalized spacial score (nSPS) is 32.1. The van der Waals surface area contributed by atoms with E-state index in [2.05, 4.69) is 0 Å². The monoisotopic (exact) mass is 424 g/mol. The molecule has 4 fully saturated rings. The van der Waals surface area contributed by atoms with Crippen LogP contribution in [0.15, 0.2) is 0 Å². The molecule has 0 amide bonds. The molecule has 4 aliphatic rings. The fraction of sp³-hybridized carbons (Fsp3) is 0.900. The van der Waals surface area contributed by atoms with Gasteiger partial charge in [-0.2, -0.15) is 8.78 Å². The molecule has 29 heavy (non-hydrogen) atoms. The first-order chi connectivity index (χ1) is 13.5. The van der Waals surface area contributed by atoms with Crippen molar-refractivity contribution in [3.8, 4) is 0 Å². The van der Waals surface area contributed by atoms with Gasteiger partial charge in [0.1, 0.15) is 0 Å². The summed E-state index contributed by atoms with van der Waals surface area (Å²) in [6.45, 7) is 0.732. The van der Waals surface area contributed by atoms with Gasteiger partial charge in [-0.05, 0) is 63.2 Å². The van der Waals surface area contributed by atoms with E-state index in [1.54, 1.807) is 0 Å². The molecule has 0 aromatic carbocycles. The van der Waals surface area contributed by atoms with E-state index in [0.29, 0.717) is 37.0 Å². The first-order valence-electron chi connectivity index (χ1n) is 10.2. The molecule has 166 valence electrons. The number of esters is 2. The molecule has 0 saturated heterocycles. The van der Waals surface area contributed by atoms with Crippen LogP contribution in [0.2, 0.25) is 0 Å². The highest BCUT2D eigenvalue weighted by molar-refractivity contribution is 5.82. The minimum absolute atomic E-state index is 0.0310. The Balaban J connectivity index is 1.63. The lowest BCUT2D eigenvalue weighted by Gasteiger charge is -2.55. The van der Waals surface area contributed by atoms with Gasteiger partial charge in [0.05, 0.1) is 18.6 Å². The highest BCUT2D eigenvalue weighted by atomic mass is 19.3. The lowest BCUT2D eigenvalue weighted by Crippen LogP contribution is -2.52. The third-order valence-corrected chi connectivity index (χ3v) is 6.49. The van der Waals surface area contributed by atoms with Gasteiger partial charge in [-0.15, -0.1) is 0 Å². The lowest BCUT2D eigenvalue weighted by atomic mass is 9.49. The minimum atomic E-state index is -4.31. The summed E-state index contributed by atoms with van der Waals surface area (Å²) in [6.07, 6.45) is 2.22. The molecule has 0 aromatic rings. The fourth-order valence-electron chi connectivity index (χ4n) is 5.46. The number of carbonyl (C=O) groups excluding carboxylic acids is 2. The van der Waals surface area contributed by atoms with Gasteiger partial charge in [0, 0.05) is 13.3 Å². The van der Waals surface area contributed by atoms with Crippen LogP contribution in [0.4, 0.5) is 17.6 Å². The molecular weight excluding hydrogens is 396 g/mol. The highest BCUT2D eigenvalue weighted by Crippen LogP contribution is 2.60. The van der Waals surface area contributed by atoms with E-state index < -0.39 is 48.5 Å². The number of ether oxygens (including phenoxy) is 3. The number of alkyl halides is 4. The summed E-state index contributed by atoms with van der Waals surface area (Å²) >= 11 is 0. The van der Waals surface area contributed by atoms with Gasteiger partial charge >= 0.3 is 30.1 Å². The minimum Gasteiger partial charge on any atom is -0.461 e. The van der Waals surface area contributed by atoms with E-state index in [0.717, 1.165) is 19.3 Å². The maximum atomic E-state index is 13.4. The molecule has 5 nitrogen and oxygen atoms in total. The zero-order valence-corrected chi connectivity index (χ0v) is 16.7. The van der Waals surface area contributed by atoms with Crippen LogP contribution in [-0.2, 0) is 23.8 Å². The van der Waals surface area contributed by atoms with Crippen LogP contribution in [0.5, 0.6) is 0 Å². The van der Waals surface area contributed by atoms with E-state index in [1.807, 2.05) is 0 Å². The van der Waals surface area contributed by atoms with Crippen molar-refractivity contribution in [1.29, 1.82) is 0 Å². The first-order valence-corrected chi connectivity index (χ1v) is 10.2. The number of rotatable bonds is 9. The van der Waals surface area contributed by atoms with Crippen molar-refractivity contribution in [2.24, 2.45) is 23.2 Å². The van der Waals surface area contributed by atoms with Gasteiger partial charge in [-0.1, -0.05) is 0 Å². The molecule has 4 saturated carbocycles. The second kappa shape index (κ2) is 8.04. The summed E-state index contributed by atoms with van der Waals surface area (Å²) in [4.78, 5) is 25.1. The number of hydrogen-bond acceptors (Lipinski definition) is 5. The average Bonchev–Trinajstić information content (AvgIpc) is 2.58. The van der Waals surface area contributed by atoms with Crippen molar-refractivity contribution in [3.63, 3.8) is 0 Å². The van der Waals surface area contributed by atoms with Gasteiger partial charge in [-0.3, -0.25) is 4.79 Å². The molecule has 0 radical (unpaired) electrons. The first kappa shape index (κ1) is 22.3. The Kier molecular flexibility index (Phi) is 6.18. The predicted octanol–water partition coefficient (Wildman–Crippen LogP) is 4.33. The van der Waals surface area contributed by atoms with Crippen LogP contribution < -0.4 is 0 Å². The molecular formula is C20H28F4O5. The Morgan fingerprint density at radius 1 is 1.03 bits per heavy atom. The zero-order chi connectivity index (χ0) is 21.4. The Labute approximate surface area is 167 Å². The maximum absolute atomic E-state index is 13.4. The standard InChI is InChI=1S/C20H28F4O5/c1-3-27-15(25)16(28-5-4-20(23,24)18(2,21)22)29-17(26)19-9-12-6-13(10-19)8-14(7-12)11-19/h12-14,16H,3-11H2,1-2H3. The maximum Gasteiger partial charge on any atom is 0.376 e. The predicted molar refractivity (Wildman–Crippen MR) is 93.3 cm³/mol. The SMILES string of the molecule is CCOC(=O)C(OCCC(F)(F)C(C)(F)F)OC(=O)C12CC3CC(CC(C3)C1)C2. The van der Waals surface area contributed by atoms with E-state index in [1.165, 1.54) is 6.92 Å². The zero-order valence-electron chi connectivity index (χ0n) is 16.7. The van der Waals surface area contributed by atoms with Crippen LogP contribution in [0.25, 0.3) is 0 Å². The third kappa shape index (κ3) is 4.70. The molecule has 4 bridgehead atoms. The molecule has 0 N–H and O–H groups in total. The smallest absolute Gasteiger partial charge is 0.376 e. The average molecular weight is 424 g/mol. The fourth-order valence-corrected chi connectivity index (χ4v) is 5.46.